The number of carbonyl (C=O) groups is 3. The van der Waals surface area contributed by atoms with Gasteiger partial charge in [-0.25, -0.2) is 9.59 Å². The lowest BCUT2D eigenvalue weighted by Crippen LogP contribution is -2.47. The molecule has 2 amide bonds. The second-order valence-corrected chi connectivity index (χ2v) is 5.79. The highest BCUT2D eigenvalue weighted by Crippen LogP contribution is 2.20. The summed E-state index contributed by atoms with van der Waals surface area (Å²) < 4.78 is 5.32. The maximum atomic E-state index is 12.4. The van der Waals surface area contributed by atoms with E-state index >= 15 is 0 Å². The van der Waals surface area contributed by atoms with Crippen LogP contribution in [0.4, 0.5) is 4.79 Å². The molecule has 0 saturated carbocycles. The second kappa shape index (κ2) is 8.33. The molecule has 1 aromatic carbocycles. The van der Waals surface area contributed by atoms with Crippen molar-refractivity contribution in [3.8, 4) is 0 Å². The van der Waals surface area contributed by atoms with Crippen molar-refractivity contribution in [3.63, 3.8) is 0 Å². The lowest BCUT2D eigenvalue weighted by molar-refractivity contribution is -0.149. The van der Waals surface area contributed by atoms with Crippen molar-refractivity contribution >= 4 is 18.0 Å². The van der Waals surface area contributed by atoms with E-state index in [2.05, 4.69) is 0 Å². The van der Waals surface area contributed by atoms with Crippen LogP contribution in [-0.2, 0) is 20.9 Å². The van der Waals surface area contributed by atoms with Crippen LogP contribution in [0.1, 0.15) is 24.8 Å². The molecule has 24 heavy (non-hydrogen) atoms. The molecule has 0 unspecified atom stereocenters. The van der Waals surface area contributed by atoms with E-state index < -0.39 is 18.0 Å². The lowest BCUT2D eigenvalue weighted by atomic mass is 10.2. The maximum Gasteiger partial charge on any atom is 0.329 e. The SMILES string of the molecule is CN(CCC(=O)O)C(=O)N1CCC[C@H]1C(=O)OCc1ccccc1. The highest BCUT2D eigenvalue weighted by atomic mass is 16.5. The van der Waals surface area contributed by atoms with Crippen molar-refractivity contribution in [3.05, 3.63) is 35.9 Å². The monoisotopic (exact) mass is 334 g/mol. The minimum Gasteiger partial charge on any atom is -0.481 e. The summed E-state index contributed by atoms with van der Waals surface area (Å²) >= 11 is 0. The highest BCUT2D eigenvalue weighted by molar-refractivity contribution is 5.84. The van der Waals surface area contributed by atoms with Crippen LogP contribution in [0.5, 0.6) is 0 Å². The Morgan fingerprint density at radius 2 is 2.00 bits per heavy atom. The van der Waals surface area contributed by atoms with Gasteiger partial charge in [-0.1, -0.05) is 30.3 Å². The standard InChI is InChI=1S/C17H22N2O5/c1-18(11-9-15(20)21)17(23)19-10-5-8-14(19)16(22)24-12-13-6-3-2-4-7-13/h2-4,6-7,14H,5,8-12H2,1H3,(H,20,21)/t14-/m0/s1. The van der Waals surface area contributed by atoms with Crippen LogP contribution in [-0.4, -0.2) is 59.1 Å². The first-order valence-corrected chi connectivity index (χ1v) is 7.93. The number of urea groups is 1. The molecule has 0 radical (unpaired) electrons. The Balaban J connectivity index is 1.90. The summed E-state index contributed by atoms with van der Waals surface area (Å²) in [6.45, 7) is 0.755. The molecule has 130 valence electrons. The molecule has 7 heteroatoms. The highest BCUT2D eigenvalue weighted by Gasteiger charge is 2.36. The Morgan fingerprint density at radius 1 is 1.29 bits per heavy atom. The number of aliphatic carboxylic acids is 1. The van der Waals surface area contributed by atoms with Gasteiger partial charge in [-0.15, -0.1) is 0 Å². The number of carboxylic acids is 1. The van der Waals surface area contributed by atoms with Crippen molar-refractivity contribution in [2.24, 2.45) is 0 Å². The van der Waals surface area contributed by atoms with E-state index in [0.29, 0.717) is 13.0 Å². The van der Waals surface area contributed by atoms with E-state index in [9.17, 15) is 14.4 Å². The molecule has 0 aromatic heterocycles. The smallest absolute Gasteiger partial charge is 0.329 e. The average molecular weight is 334 g/mol. The van der Waals surface area contributed by atoms with Crippen LogP contribution in [0.3, 0.4) is 0 Å². The third-order valence-electron chi connectivity index (χ3n) is 3.98. The fraction of sp³-hybridized carbons (Fsp3) is 0.471. The topological polar surface area (TPSA) is 87.2 Å². The number of hydrogen-bond donors (Lipinski definition) is 1. The number of hydrogen-bond acceptors (Lipinski definition) is 4. The summed E-state index contributed by atoms with van der Waals surface area (Å²) in [5.41, 5.74) is 0.889. The molecule has 7 nitrogen and oxygen atoms in total. The molecule has 0 bridgehead atoms. The van der Waals surface area contributed by atoms with E-state index in [1.807, 2.05) is 30.3 Å². The predicted molar refractivity (Wildman–Crippen MR) is 86.2 cm³/mol. The largest absolute Gasteiger partial charge is 0.481 e. The zero-order chi connectivity index (χ0) is 17.5. The van der Waals surface area contributed by atoms with Crippen molar-refractivity contribution in [2.75, 3.05) is 20.1 Å². The van der Waals surface area contributed by atoms with Gasteiger partial charge in [-0.05, 0) is 18.4 Å². The molecule has 2 rings (SSSR count). The van der Waals surface area contributed by atoms with Crippen molar-refractivity contribution in [1.82, 2.24) is 9.80 Å². The van der Waals surface area contributed by atoms with Crippen LogP contribution in [0.25, 0.3) is 0 Å². The molecule has 1 fully saturated rings. The van der Waals surface area contributed by atoms with Gasteiger partial charge in [-0.2, -0.15) is 0 Å². The summed E-state index contributed by atoms with van der Waals surface area (Å²) in [5.74, 6) is -1.38. The molecule has 1 saturated heterocycles. The van der Waals surface area contributed by atoms with E-state index in [4.69, 9.17) is 9.84 Å². The summed E-state index contributed by atoms with van der Waals surface area (Å²) in [5, 5.41) is 8.70. The summed E-state index contributed by atoms with van der Waals surface area (Å²) in [6, 6.07) is 8.41. The second-order valence-electron chi connectivity index (χ2n) is 5.79. The van der Waals surface area contributed by atoms with Gasteiger partial charge in [0.05, 0.1) is 6.42 Å². The molecule has 1 aliphatic heterocycles. The molecule has 0 spiro atoms. The minimum atomic E-state index is -0.963. The van der Waals surface area contributed by atoms with E-state index in [0.717, 1.165) is 12.0 Å². The van der Waals surface area contributed by atoms with E-state index in [1.165, 1.54) is 16.8 Å². The number of likely N-dealkylation sites (tertiary alicyclic amines) is 1. The first kappa shape index (κ1) is 17.8. The van der Waals surface area contributed by atoms with Gasteiger partial charge in [0.15, 0.2) is 0 Å². The Morgan fingerprint density at radius 3 is 2.67 bits per heavy atom. The number of carbonyl (C=O) groups excluding carboxylic acids is 2. The number of carboxylic acid groups (broad SMARTS) is 1. The first-order chi connectivity index (χ1) is 11.5. The van der Waals surface area contributed by atoms with E-state index in [-0.39, 0.29) is 25.6 Å². The summed E-state index contributed by atoms with van der Waals surface area (Å²) in [6.07, 6.45) is 1.16. The summed E-state index contributed by atoms with van der Waals surface area (Å²) in [4.78, 5) is 38.1. The van der Waals surface area contributed by atoms with Crippen molar-refractivity contribution in [1.29, 1.82) is 0 Å². The molecule has 1 N–H and O–H groups in total. The molecular formula is C17H22N2O5. The number of benzene rings is 1. The van der Waals surface area contributed by atoms with Gasteiger partial charge in [0.25, 0.3) is 0 Å². The Kier molecular flexibility index (Phi) is 6.17. The van der Waals surface area contributed by atoms with Crippen molar-refractivity contribution in [2.45, 2.75) is 31.9 Å². The third-order valence-corrected chi connectivity index (χ3v) is 3.98. The zero-order valence-corrected chi connectivity index (χ0v) is 13.7. The fourth-order valence-corrected chi connectivity index (χ4v) is 2.64. The number of ether oxygens (including phenoxy) is 1. The van der Waals surface area contributed by atoms with Crippen LogP contribution >= 0.6 is 0 Å². The zero-order valence-electron chi connectivity index (χ0n) is 13.7. The van der Waals surface area contributed by atoms with Crippen molar-refractivity contribution < 1.29 is 24.2 Å². The normalized spacial score (nSPS) is 16.7. The third kappa shape index (κ3) is 4.71. The van der Waals surface area contributed by atoms with Gasteiger partial charge < -0.3 is 19.6 Å². The Hall–Kier alpha value is -2.57. The molecule has 1 atom stereocenters. The number of esters is 1. The molecular weight excluding hydrogens is 312 g/mol. The van der Waals surface area contributed by atoms with Gasteiger partial charge in [0.1, 0.15) is 12.6 Å². The van der Waals surface area contributed by atoms with Gasteiger partial charge in [0.2, 0.25) is 0 Å². The molecule has 1 aromatic rings. The fourth-order valence-electron chi connectivity index (χ4n) is 2.64. The lowest BCUT2D eigenvalue weighted by Gasteiger charge is -2.28. The van der Waals surface area contributed by atoms with Crippen LogP contribution in [0, 0.1) is 0 Å². The average Bonchev–Trinajstić information content (AvgIpc) is 3.07. The van der Waals surface area contributed by atoms with Crippen LogP contribution in [0.15, 0.2) is 30.3 Å². The maximum absolute atomic E-state index is 12.4. The number of rotatable bonds is 6. The Bertz CT molecular complexity index is 590. The molecule has 0 aliphatic carbocycles. The number of amides is 2. The number of nitrogens with zero attached hydrogens (tertiary/aromatic N) is 2. The van der Waals surface area contributed by atoms with Gasteiger partial charge in [0, 0.05) is 20.1 Å². The minimum absolute atomic E-state index is 0.108. The van der Waals surface area contributed by atoms with Crippen LogP contribution in [0.2, 0.25) is 0 Å². The Labute approximate surface area is 140 Å². The predicted octanol–water partition coefficient (Wildman–Crippen LogP) is 1.72. The quantitative estimate of drug-likeness (QED) is 0.801. The van der Waals surface area contributed by atoms with Crippen LogP contribution < -0.4 is 0 Å². The van der Waals surface area contributed by atoms with Gasteiger partial charge >= 0.3 is 18.0 Å². The first-order valence-electron chi connectivity index (χ1n) is 7.93. The summed E-state index contributed by atoms with van der Waals surface area (Å²) in [7, 11) is 1.54. The molecule has 1 heterocycles. The van der Waals surface area contributed by atoms with E-state index in [1.54, 1.807) is 0 Å². The molecule has 1 aliphatic rings. The van der Waals surface area contributed by atoms with Gasteiger partial charge in [-0.3, -0.25) is 4.79 Å².